The molecule has 9 nitrogen and oxygen atoms in total. The second kappa shape index (κ2) is 13.5. The summed E-state index contributed by atoms with van der Waals surface area (Å²) in [6.45, 7) is 10.0. The minimum atomic E-state index is -0.609. The molecule has 0 saturated carbocycles. The number of fused-ring (bicyclic) bond motifs is 1. The molecule has 0 bridgehead atoms. The molecule has 2 fully saturated rings. The summed E-state index contributed by atoms with van der Waals surface area (Å²) < 4.78 is 0. The average molecular weight is 581 g/mol. The Morgan fingerprint density at radius 2 is 1.73 bits per heavy atom. The molecule has 41 heavy (non-hydrogen) atoms. The quantitative estimate of drug-likeness (QED) is 0.359. The number of benzene rings is 1. The molecule has 0 unspecified atom stereocenters. The molecule has 3 aliphatic heterocycles. The Bertz CT molecular complexity index is 1220. The van der Waals surface area contributed by atoms with Crippen LogP contribution in [0.15, 0.2) is 35.5 Å². The van der Waals surface area contributed by atoms with E-state index in [0.717, 1.165) is 51.6 Å². The number of rotatable bonds is 8. The maximum absolute atomic E-state index is 13.8. The molecule has 1 aromatic carbocycles. The van der Waals surface area contributed by atoms with Crippen LogP contribution in [0.2, 0.25) is 0 Å². The number of piperidine rings is 2. The topological polar surface area (TPSA) is 102 Å². The van der Waals surface area contributed by atoms with Crippen molar-refractivity contribution < 1.29 is 14.7 Å². The molecule has 5 rings (SSSR count). The van der Waals surface area contributed by atoms with Crippen LogP contribution in [0, 0.1) is 0 Å². The number of likely N-dealkylation sites (tertiary alicyclic amines) is 2. The van der Waals surface area contributed by atoms with E-state index in [1.165, 1.54) is 11.1 Å². The van der Waals surface area contributed by atoms with Gasteiger partial charge in [0.05, 0.1) is 6.10 Å². The van der Waals surface area contributed by atoms with Crippen molar-refractivity contribution in [1.29, 1.82) is 0 Å². The van der Waals surface area contributed by atoms with Gasteiger partial charge in [-0.3, -0.25) is 14.5 Å². The molecule has 1 aromatic heterocycles. The van der Waals surface area contributed by atoms with E-state index in [1.807, 2.05) is 4.90 Å². The lowest BCUT2D eigenvalue weighted by atomic mass is 9.94. The van der Waals surface area contributed by atoms with E-state index in [1.54, 1.807) is 29.7 Å². The number of amides is 2. The van der Waals surface area contributed by atoms with Crippen molar-refractivity contribution in [2.45, 2.75) is 94.4 Å². The third-order valence-electron chi connectivity index (χ3n) is 8.86. The van der Waals surface area contributed by atoms with Gasteiger partial charge in [0, 0.05) is 69.6 Å². The van der Waals surface area contributed by atoms with Gasteiger partial charge in [-0.1, -0.05) is 49.9 Å². The second-order valence-electron chi connectivity index (χ2n) is 11.6. The standard InChI is InChI=1S/C31H44N6O3S/c1-4-25(5-2)41-31-33-26(18-29(34-31)32-24-11-15-35(16-12-24)21(3)38)30(40)37-17-13-27(28(39)20-37)36-14-10-22-8-6-7-9-23(22)19-36/h6-9,18,24-25,27-28,39H,4-5,10-17,19-20H2,1-3H3,(H,32,33,34)/t27-,28-/m1/s1. The number of nitrogens with one attached hydrogen (secondary N) is 1. The van der Waals surface area contributed by atoms with Crippen LogP contribution in [0.4, 0.5) is 5.82 Å². The van der Waals surface area contributed by atoms with Crippen molar-refractivity contribution in [1.82, 2.24) is 24.7 Å². The fraction of sp³-hybridized carbons (Fsp3) is 0.613. The molecule has 2 aromatic rings. The number of anilines is 1. The molecule has 0 radical (unpaired) electrons. The lowest BCUT2D eigenvalue weighted by Crippen LogP contribution is -2.56. The molecule has 10 heteroatoms. The number of β-amino-alcohol motifs (C(OH)–C–C–N with tert-alkyl or cyclic N) is 1. The highest BCUT2D eigenvalue weighted by Crippen LogP contribution is 2.29. The lowest BCUT2D eigenvalue weighted by molar-refractivity contribution is -0.129. The van der Waals surface area contributed by atoms with Crippen molar-refractivity contribution in [2.24, 2.45) is 0 Å². The van der Waals surface area contributed by atoms with Gasteiger partial charge in [0.15, 0.2) is 5.16 Å². The number of hydrogen-bond acceptors (Lipinski definition) is 8. The highest BCUT2D eigenvalue weighted by atomic mass is 32.2. The van der Waals surface area contributed by atoms with Crippen LogP contribution < -0.4 is 5.32 Å². The summed E-state index contributed by atoms with van der Waals surface area (Å²) in [6, 6.07) is 10.5. The van der Waals surface area contributed by atoms with Crippen LogP contribution in [-0.4, -0.2) is 97.7 Å². The fourth-order valence-corrected chi connectivity index (χ4v) is 7.24. The highest BCUT2D eigenvalue weighted by Gasteiger charge is 2.36. The highest BCUT2D eigenvalue weighted by molar-refractivity contribution is 7.99. The van der Waals surface area contributed by atoms with E-state index in [4.69, 9.17) is 9.97 Å². The second-order valence-corrected chi connectivity index (χ2v) is 12.8. The Balaban J connectivity index is 1.27. The smallest absolute Gasteiger partial charge is 0.272 e. The number of carbonyl (C=O) groups is 2. The number of aromatic nitrogens is 2. The summed E-state index contributed by atoms with van der Waals surface area (Å²) in [7, 11) is 0. The maximum Gasteiger partial charge on any atom is 0.272 e. The average Bonchev–Trinajstić information content (AvgIpc) is 2.99. The molecule has 0 spiro atoms. The first-order valence-electron chi connectivity index (χ1n) is 15.2. The van der Waals surface area contributed by atoms with Gasteiger partial charge in [0.2, 0.25) is 5.91 Å². The van der Waals surface area contributed by atoms with Gasteiger partial charge in [-0.05, 0) is 49.7 Å². The molecule has 2 atom stereocenters. The molecular weight excluding hydrogens is 536 g/mol. The lowest BCUT2D eigenvalue weighted by Gasteiger charge is -2.43. The summed E-state index contributed by atoms with van der Waals surface area (Å²) in [5, 5.41) is 15.7. The molecule has 3 aliphatic rings. The minimum absolute atomic E-state index is 0.0388. The van der Waals surface area contributed by atoms with Crippen LogP contribution in [0.3, 0.4) is 0 Å². The number of carbonyl (C=O) groups excluding carboxylic acids is 2. The van der Waals surface area contributed by atoms with Gasteiger partial charge < -0.3 is 20.2 Å². The summed E-state index contributed by atoms with van der Waals surface area (Å²) in [5.74, 6) is 0.605. The summed E-state index contributed by atoms with van der Waals surface area (Å²) in [4.78, 5) is 41.0. The van der Waals surface area contributed by atoms with Gasteiger partial charge in [0.1, 0.15) is 11.5 Å². The van der Waals surface area contributed by atoms with E-state index < -0.39 is 6.10 Å². The maximum atomic E-state index is 13.8. The first-order chi connectivity index (χ1) is 19.8. The van der Waals surface area contributed by atoms with Crippen molar-refractivity contribution in [2.75, 3.05) is 38.0 Å². The third-order valence-corrected chi connectivity index (χ3v) is 10.3. The third kappa shape index (κ3) is 7.21. The van der Waals surface area contributed by atoms with Gasteiger partial charge in [-0.15, -0.1) is 0 Å². The van der Waals surface area contributed by atoms with Crippen molar-refractivity contribution >= 4 is 29.4 Å². The molecule has 2 amide bonds. The van der Waals surface area contributed by atoms with Gasteiger partial charge >= 0.3 is 0 Å². The first-order valence-corrected chi connectivity index (χ1v) is 16.1. The number of thioether (sulfide) groups is 1. The molecule has 2 saturated heterocycles. The van der Waals surface area contributed by atoms with Gasteiger partial charge in [0.25, 0.3) is 5.91 Å². The molecular formula is C31H44N6O3S. The fourth-order valence-electron chi connectivity index (χ4n) is 6.31. The Morgan fingerprint density at radius 1 is 1.02 bits per heavy atom. The predicted molar refractivity (Wildman–Crippen MR) is 162 cm³/mol. The molecule has 4 heterocycles. The van der Waals surface area contributed by atoms with Crippen molar-refractivity contribution in [3.05, 3.63) is 47.2 Å². The zero-order chi connectivity index (χ0) is 28.9. The predicted octanol–water partition coefficient (Wildman–Crippen LogP) is 3.81. The van der Waals surface area contributed by atoms with Crippen LogP contribution in [-0.2, 0) is 17.8 Å². The Labute approximate surface area is 248 Å². The number of aliphatic hydroxyl groups excluding tert-OH is 1. The zero-order valence-electron chi connectivity index (χ0n) is 24.6. The number of aliphatic hydroxyl groups is 1. The summed E-state index contributed by atoms with van der Waals surface area (Å²) in [6.07, 6.45) is 4.78. The SMILES string of the molecule is CCC(CC)Sc1nc(NC2CCN(C(C)=O)CC2)cc(C(=O)N2CC[C@@H](N3CCc4ccccc4C3)[C@H](O)C2)n1. The van der Waals surface area contributed by atoms with E-state index in [2.05, 4.69) is 48.3 Å². The first kappa shape index (κ1) is 29.8. The summed E-state index contributed by atoms with van der Waals surface area (Å²) in [5.41, 5.74) is 3.10. The van der Waals surface area contributed by atoms with Gasteiger partial charge in [-0.2, -0.15) is 0 Å². The Kier molecular flexibility index (Phi) is 9.83. The van der Waals surface area contributed by atoms with Crippen LogP contribution >= 0.6 is 11.8 Å². The molecule has 0 aliphatic carbocycles. The number of hydrogen-bond donors (Lipinski definition) is 2. The molecule has 222 valence electrons. The Morgan fingerprint density at radius 3 is 2.41 bits per heavy atom. The minimum Gasteiger partial charge on any atom is -0.390 e. The monoisotopic (exact) mass is 580 g/mol. The Hall–Kier alpha value is -2.69. The van der Waals surface area contributed by atoms with E-state index >= 15 is 0 Å². The van der Waals surface area contributed by atoms with Crippen LogP contribution in [0.5, 0.6) is 0 Å². The van der Waals surface area contributed by atoms with E-state index in [0.29, 0.717) is 48.1 Å². The van der Waals surface area contributed by atoms with E-state index in [9.17, 15) is 14.7 Å². The molecule has 2 N–H and O–H groups in total. The largest absolute Gasteiger partial charge is 0.390 e. The van der Waals surface area contributed by atoms with Crippen molar-refractivity contribution in [3.8, 4) is 0 Å². The van der Waals surface area contributed by atoms with Crippen LogP contribution in [0.25, 0.3) is 0 Å². The van der Waals surface area contributed by atoms with Gasteiger partial charge in [-0.25, -0.2) is 9.97 Å². The number of nitrogens with zero attached hydrogens (tertiary/aromatic N) is 5. The van der Waals surface area contributed by atoms with E-state index in [-0.39, 0.29) is 23.9 Å². The van der Waals surface area contributed by atoms with Crippen LogP contribution in [0.1, 0.15) is 74.5 Å². The van der Waals surface area contributed by atoms with Crippen molar-refractivity contribution in [3.63, 3.8) is 0 Å². The zero-order valence-corrected chi connectivity index (χ0v) is 25.4. The summed E-state index contributed by atoms with van der Waals surface area (Å²) >= 11 is 1.62. The normalized spacial score (nSPS) is 22.1.